The van der Waals surface area contributed by atoms with E-state index in [9.17, 15) is 9.59 Å². The molecule has 5 N–H and O–H groups in total. The summed E-state index contributed by atoms with van der Waals surface area (Å²) in [5.74, 6) is 0.0375. The SMILES string of the molecule is COc1cc(NC(=O)c2c[nH]c(=O)[nH]2)ccc1N. The van der Waals surface area contributed by atoms with Crippen molar-refractivity contribution in [2.24, 2.45) is 0 Å². The fourth-order valence-electron chi connectivity index (χ4n) is 1.44. The van der Waals surface area contributed by atoms with Crippen LogP contribution in [0.3, 0.4) is 0 Å². The number of imidazole rings is 1. The largest absolute Gasteiger partial charge is 0.495 e. The molecule has 2 rings (SSSR count). The highest BCUT2D eigenvalue weighted by Gasteiger charge is 2.09. The molecule has 0 aliphatic rings. The van der Waals surface area contributed by atoms with E-state index in [4.69, 9.17) is 10.5 Å². The Hall–Kier alpha value is -2.70. The summed E-state index contributed by atoms with van der Waals surface area (Å²) in [6.45, 7) is 0. The molecule has 7 heteroatoms. The predicted octanol–water partition coefficient (Wildman–Crippen LogP) is 0.546. The van der Waals surface area contributed by atoms with Crippen LogP contribution in [0, 0.1) is 0 Å². The Bertz CT molecular complexity index is 629. The van der Waals surface area contributed by atoms with E-state index < -0.39 is 11.6 Å². The Balaban J connectivity index is 2.19. The van der Waals surface area contributed by atoms with Gasteiger partial charge in [0.05, 0.1) is 12.8 Å². The molecule has 0 atom stereocenters. The van der Waals surface area contributed by atoms with Crippen molar-refractivity contribution in [3.63, 3.8) is 0 Å². The number of rotatable bonds is 3. The lowest BCUT2D eigenvalue weighted by Crippen LogP contribution is -2.14. The number of methoxy groups -OCH3 is 1. The second-order valence-electron chi connectivity index (χ2n) is 3.57. The first-order valence-electron chi connectivity index (χ1n) is 5.12. The molecule has 1 aromatic carbocycles. The maximum Gasteiger partial charge on any atom is 0.323 e. The highest BCUT2D eigenvalue weighted by molar-refractivity contribution is 6.02. The smallest absolute Gasteiger partial charge is 0.323 e. The van der Waals surface area contributed by atoms with Crippen LogP contribution >= 0.6 is 0 Å². The van der Waals surface area contributed by atoms with Crippen LogP contribution in [0.1, 0.15) is 10.5 Å². The number of amides is 1. The number of carbonyl (C=O) groups excluding carboxylic acids is 1. The molecular formula is C11H12N4O3. The first kappa shape index (κ1) is 11.8. The number of nitrogen functional groups attached to an aromatic ring is 1. The van der Waals surface area contributed by atoms with Crippen LogP contribution in [0.5, 0.6) is 5.75 Å². The topological polar surface area (TPSA) is 113 Å². The summed E-state index contributed by atoms with van der Waals surface area (Å²) in [4.78, 5) is 27.3. The molecule has 0 aliphatic heterocycles. The van der Waals surface area contributed by atoms with E-state index >= 15 is 0 Å². The minimum Gasteiger partial charge on any atom is -0.495 e. The first-order valence-corrected chi connectivity index (χ1v) is 5.12. The van der Waals surface area contributed by atoms with E-state index in [2.05, 4.69) is 15.3 Å². The van der Waals surface area contributed by atoms with E-state index in [-0.39, 0.29) is 5.69 Å². The number of nitrogens with one attached hydrogen (secondary N) is 3. The Kier molecular flexibility index (Phi) is 3.05. The monoisotopic (exact) mass is 248 g/mol. The summed E-state index contributed by atoms with van der Waals surface area (Å²) in [6.07, 6.45) is 1.30. The molecule has 18 heavy (non-hydrogen) atoms. The Morgan fingerprint density at radius 2 is 2.22 bits per heavy atom. The lowest BCUT2D eigenvalue weighted by atomic mass is 10.2. The summed E-state index contributed by atoms with van der Waals surface area (Å²) in [6, 6.07) is 4.85. The number of ether oxygens (including phenoxy) is 1. The van der Waals surface area contributed by atoms with Crippen molar-refractivity contribution in [1.82, 2.24) is 9.97 Å². The molecule has 0 bridgehead atoms. The zero-order valence-electron chi connectivity index (χ0n) is 9.61. The number of anilines is 2. The van der Waals surface area contributed by atoms with Gasteiger partial charge >= 0.3 is 5.69 Å². The molecule has 2 aromatic rings. The van der Waals surface area contributed by atoms with Crippen molar-refractivity contribution < 1.29 is 9.53 Å². The van der Waals surface area contributed by atoms with E-state index in [1.54, 1.807) is 18.2 Å². The van der Waals surface area contributed by atoms with E-state index in [1.165, 1.54) is 13.3 Å². The second-order valence-corrected chi connectivity index (χ2v) is 3.57. The van der Waals surface area contributed by atoms with Crippen LogP contribution in [0.15, 0.2) is 29.2 Å². The normalized spacial score (nSPS) is 10.1. The second kappa shape index (κ2) is 4.66. The van der Waals surface area contributed by atoms with Gasteiger partial charge in [0.2, 0.25) is 0 Å². The van der Waals surface area contributed by atoms with Crippen LogP contribution in [0.2, 0.25) is 0 Å². The minimum absolute atomic E-state index is 0.149. The van der Waals surface area contributed by atoms with Gasteiger partial charge < -0.3 is 25.8 Å². The number of benzene rings is 1. The standard InChI is InChI=1S/C11H12N4O3/c1-18-9-4-6(2-3-7(9)12)14-10(16)8-5-13-11(17)15-8/h2-5H,12H2,1H3,(H,14,16)(H2,13,15,17). The summed E-state index contributed by atoms with van der Waals surface area (Å²) >= 11 is 0. The third-order valence-electron chi connectivity index (χ3n) is 2.33. The quantitative estimate of drug-likeness (QED) is 0.594. The maximum atomic E-state index is 11.7. The molecule has 0 fully saturated rings. The van der Waals surface area contributed by atoms with Crippen LogP contribution < -0.4 is 21.5 Å². The summed E-state index contributed by atoms with van der Waals surface area (Å²) < 4.78 is 5.04. The average molecular weight is 248 g/mol. The van der Waals surface area contributed by atoms with Gasteiger partial charge in [0, 0.05) is 18.0 Å². The summed E-state index contributed by atoms with van der Waals surface area (Å²) in [5.41, 5.74) is 6.37. The number of aromatic nitrogens is 2. The van der Waals surface area contributed by atoms with Gasteiger partial charge in [-0.15, -0.1) is 0 Å². The molecular weight excluding hydrogens is 236 g/mol. The van der Waals surface area contributed by atoms with Gasteiger partial charge in [-0.05, 0) is 12.1 Å². The lowest BCUT2D eigenvalue weighted by molar-refractivity contribution is 0.102. The molecule has 0 saturated carbocycles. The van der Waals surface area contributed by atoms with Crippen molar-refractivity contribution in [1.29, 1.82) is 0 Å². The third kappa shape index (κ3) is 2.34. The van der Waals surface area contributed by atoms with Gasteiger partial charge in [-0.2, -0.15) is 0 Å². The highest BCUT2D eigenvalue weighted by atomic mass is 16.5. The van der Waals surface area contributed by atoms with Crippen molar-refractivity contribution in [3.05, 3.63) is 40.6 Å². The molecule has 1 amide bonds. The molecule has 1 heterocycles. The van der Waals surface area contributed by atoms with Crippen molar-refractivity contribution in [2.45, 2.75) is 0 Å². The molecule has 7 nitrogen and oxygen atoms in total. The van der Waals surface area contributed by atoms with E-state index in [0.29, 0.717) is 17.1 Å². The lowest BCUT2D eigenvalue weighted by Gasteiger charge is -2.08. The van der Waals surface area contributed by atoms with Gasteiger partial charge in [-0.25, -0.2) is 4.79 Å². The first-order chi connectivity index (χ1) is 8.60. The summed E-state index contributed by atoms with van der Waals surface area (Å²) in [5, 5.41) is 2.61. The summed E-state index contributed by atoms with van der Waals surface area (Å²) in [7, 11) is 1.49. The third-order valence-corrected chi connectivity index (χ3v) is 2.33. The molecule has 0 saturated heterocycles. The number of carbonyl (C=O) groups is 1. The number of nitrogens with two attached hydrogens (primary N) is 1. The van der Waals surface area contributed by atoms with Crippen molar-refractivity contribution in [2.75, 3.05) is 18.2 Å². The van der Waals surface area contributed by atoms with E-state index in [1.807, 2.05) is 0 Å². The Labute approximate surface area is 102 Å². The molecule has 0 spiro atoms. The molecule has 0 aliphatic carbocycles. The van der Waals surface area contributed by atoms with Crippen LogP contribution in [0.25, 0.3) is 0 Å². The number of hydrogen-bond acceptors (Lipinski definition) is 4. The fraction of sp³-hybridized carbons (Fsp3) is 0.0909. The highest BCUT2D eigenvalue weighted by Crippen LogP contribution is 2.25. The van der Waals surface area contributed by atoms with Gasteiger partial charge in [-0.3, -0.25) is 4.79 Å². The van der Waals surface area contributed by atoms with E-state index in [0.717, 1.165) is 0 Å². The van der Waals surface area contributed by atoms with Crippen molar-refractivity contribution >= 4 is 17.3 Å². The van der Waals surface area contributed by atoms with Crippen molar-refractivity contribution in [3.8, 4) is 5.75 Å². The maximum absolute atomic E-state index is 11.7. The Morgan fingerprint density at radius 3 is 2.83 bits per heavy atom. The van der Waals surface area contributed by atoms with Gasteiger partial charge in [0.1, 0.15) is 11.4 Å². The number of hydrogen-bond donors (Lipinski definition) is 4. The number of aromatic amines is 2. The Morgan fingerprint density at radius 1 is 1.44 bits per heavy atom. The zero-order chi connectivity index (χ0) is 13.1. The average Bonchev–Trinajstić information content (AvgIpc) is 2.78. The zero-order valence-corrected chi connectivity index (χ0v) is 9.61. The van der Waals surface area contributed by atoms with Crippen LogP contribution in [0.4, 0.5) is 11.4 Å². The predicted molar refractivity (Wildman–Crippen MR) is 66.8 cm³/mol. The van der Waals surface area contributed by atoms with Gasteiger partial charge in [-0.1, -0.05) is 0 Å². The minimum atomic E-state index is -0.435. The molecule has 0 unspecified atom stereocenters. The molecule has 94 valence electrons. The van der Waals surface area contributed by atoms with Crippen LogP contribution in [-0.4, -0.2) is 23.0 Å². The number of H-pyrrole nitrogens is 2. The molecule has 1 aromatic heterocycles. The van der Waals surface area contributed by atoms with Gasteiger partial charge in [0.15, 0.2) is 0 Å². The fourth-order valence-corrected chi connectivity index (χ4v) is 1.44. The van der Waals surface area contributed by atoms with Gasteiger partial charge in [0.25, 0.3) is 5.91 Å². The van der Waals surface area contributed by atoms with Crippen LogP contribution in [-0.2, 0) is 0 Å². The molecule has 0 radical (unpaired) electrons.